The molecule has 60 heavy (non-hydrogen) atoms. The van der Waals surface area contributed by atoms with Crippen LogP contribution in [0.15, 0.2) is 0 Å². The molecule has 0 saturated heterocycles. The molecule has 0 bridgehead atoms. The average Bonchev–Trinajstić information content (AvgIpc) is 3.12. The van der Waals surface area contributed by atoms with Gasteiger partial charge in [0.05, 0.1) is 59.0 Å². The Bertz CT molecular complexity index is 1060. The van der Waals surface area contributed by atoms with Gasteiger partial charge >= 0.3 is 24.1 Å². The maximum Gasteiger partial charge on any atom is 0.408 e. The molecule has 0 rings (SSSR count). The third-order valence-electron chi connectivity index (χ3n) is 9.14. The Balaban J connectivity index is 0. The summed E-state index contributed by atoms with van der Waals surface area (Å²) in [6, 6.07) is -1.94. The van der Waals surface area contributed by atoms with Gasteiger partial charge in [0, 0.05) is 19.1 Å². The number of hydrogen-bond acceptors (Lipinski definition) is 13. The number of aliphatic hydroxyl groups is 1. The number of hydrogen-bond donors (Lipinski definition) is 3. The molecular formula is C45H88N2O13. The Morgan fingerprint density at radius 1 is 0.550 bits per heavy atom. The average molecular weight is 865 g/mol. The van der Waals surface area contributed by atoms with Crippen LogP contribution >= 0.6 is 0 Å². The van der Waals surface area contributed by atoms with E-state index in [-0.39, 0.29) is 37.9 Å². The number of carbonyl (C=O) groups excluding carboxylic acids is 4. The van der Waals surface area contributed by atoms with E-state index < -0.39 is 53.5 Å². The lowest BCUT2D eigenvalue weighted by molar-refractivity contribution is -0.146. The van der Waals surface area contributed by atoms with Crippen LogP contribution < -0.4 is 10.6 Å². The van der Waals surface area contributed by atoms with Crippen molar-refractivity contribution < 1.29 is 62.2 Å². The normalized spacial score (nSPS) is 15.5. The molecule has 7 atom stereocenters. The van der Waals surface area contributed by atoms with Crippen LogP contribution in [0.25, 0.3) is 0 Å². The molecule has 0 heterocycles. The van der Waals surface area contributed by atoms with Crippen LogP contribution in [0.1, 0.15) is 142 Å². The third kappa shape index (κ3) is 30.3. The van der Waals surface area contributed by atoms with Crippen molar-refractivity contribution >= 4 is 24.1 Å². The highest BCUT2D eigenvalue weighted by molar-refractivity contribution is 5.82. The highest BCUT2D eigenvalue weighted by atomic mass is 16.6. The lowest BCUT2D eigenvalue weighted by Gasteiger charge is -2.31. The van der Waals surface area contributed by atoms with Gasteiger partial charge in [0.25, 0.3) is 0 Å². The molecule has 15 nitrogen and oxygen atoms in total. The molecule has 0 unspecified atom stereocenters. The van der Waals surface area contributed by atoms with Gasteiger partial charge < -0.3 is 53.6 Å². The summed E-state index contributed by atoms with van der Waals surface area (Å²) in [5.74, 6) is 0.654. The van der Waals surface area contributed by atoms with E-state index in [1.165, 1.54) is 14.2 Å². The molecule has 0 aromatic carbocycles. The minimum absolute atomic E-state index is 0.00705. The van der Waals surface area contributed by atoms with Gasteiger partial charge in [-0.3, -0.25) is 0 Å². The standard InChI is InChI=1S/C23H45NO6.C22H43NO7/c1-10-13-29-20(18(17(4)5)12-11-16(2)3)15-28-14-19(21(25)27-9)24-22(26)30-23(6,7)8;1-9-12-29-19(17(16(4)24)11-10-15(2)3)14-28-13-18(20(25)27-8)23-21(26)30-22(5,6)7/h16-20H,10-15H2,1-9H3,(H,24,26);15-19,24H,9-14H2,1-8H3,(H,23,26)/t18-,19-,20-;16-,17-,18-,19-/m00/s1. The second-order valence-electron chi connectivity index (χ2n) is 18.6. The number of rotatable bonds is 28. The van der Waals surface area contributed by atoms with E-state index in [2.05, 4.69) is 59.1 Å². The summed E-state index contributed by atoms with van der Waals surface area (Å²) in [5, 5.41) is 15.3. The monoisotopic (exact) mass is 865 g/mol. The molecule has 0 spiro atoms. The number of carbonyl (C=O) groups is 4. The summed E-state index contributed by atoms with van der Waals surface area (Å²) in [6.45, 7) is 31.1. The summed E-state index contributed by atoms with van der Waals surface area (Å²) >= 11 is 0. The molecule has 3 N–H and O–H groups in total. The van der Waals surface area contributed by atoms with Gasteiger partial charge in [0.15, 0.2) is 12.1 Å². The molecule has 0 aliphatic rings. The Hall–Kier alpha value is -2.72. The van der Waals surface area contributed by atoms with Gasteiger partial charge in [-0.2, -0.15) is 0 Å². The van der Waals surface area contributed by atoms with Crippen LogP contribution in [0.2, 0.25) is 0 Å². The van der Waals surface area contributed by atoms with Crippen molar-refractivity contribution in [3.63, 3.8) is 0 Å². The van der Waals surface area contributed by atoms with Gasteiger partial charge in [0.2, 0.25) is 0 Å². The fraction of sp³-hybridized carbons (Fsp3) is 0.911. The fourth-order valence-electron chi connectivity index (χ4n) is 5.99. The number of methoxy groups -OCH3 is 2. The first-order chi connectivity index (χ1) is 27.8. The van der Waals surface area contributed by atoms with Crippen molar-refractivity contribution in [2.45, 2.75) is 184 Å². The van der Waals surface area contributed by atoms with Gasteiger partial charge in [-0.1, -0.05) is 68.2 Å². The topological polar surface area (TPSA) is 186 Å². The predicted molar refractivity (Wildman–Crippen MR) is 234 cm³/mol. The lowest BCUT2D eigenvalue weighted by Crippen LogP contribution is -2.47. The summed E-state index contributed by atoms with van der Waals surface area (Å²) in [6.07, 6.45) is 3.39. The van der Waals surface area contributed by atoms with E-state index in [0.29, 0.717) is 43.5 Å². The zero-order chi connectivity index (χ0) is 46.6. The summed E-state index contributed by atoms with van der Waals surface area (Å²) < 4.78 is 43.6. The van der Waals surface area contributed by atoms with Gasteiger partial charge in [-0.15, -0.1) is 0 Å². The molecule has 356 valence electrons. The molecule has 0 radical (unpaired) electrons. The van der Waals surface area contributed by atoms with Crippen LogP contribution in [0.4, 0.5) is 9.59 Å². The maximum absolute atomic E-state index is 12.1. The highest BCUT2D eigenvalue weighted by Gasteiger charge is 2.31. The number of alkyl carbamates (subject to hydrolysis) is 2. The lowest BCUT2D eigenvalue weighted by atomic mass is 9.84. The molecule has 0 aromatic rings. The zero-order valence-electron chi connectivity index (χ0n) is 40.6. The van der Waals surface area contributed by atoms with Crippen LogP contribution in [0, 0.1) is 29.6 Å². The van der Waals surface area contributed by atoms with Crippen molar-refractivity contribution in [3.8, 4) is 0 Å². The number of esters is 2. The van der Waals surface area contributed by atoms with E-state index in [9.17, 15) is 24.3 Å². The zero-order valence-corrected chi connectivity index (χ0v) is 40.6. The number of amides is 2. The van der Waals surface area contributed by atoms with Gasteiger partial charge in [-0.25, -0.2) is 19.2 Å². The Morgan fingerprint density at radius 2 is 0.900 bits per heavy atom. The summed E-state index contributed by atoms with van der Waals surface area (Å²) in [5.41, 5.74) is -1.35. The van der Waals surface area contributed by atoms with E-state index >= 15 is 0 Å². The third-order valence-corrected chi connectivity index (χ3v) is 9.14. The van der Waals surface area contributed by atoms with Gasteiger partial charge in [-0.05, 0) is 97.8 Å². The summed E-state index contributed by atoms with van der Waals surface area (Å²) in [4.78, 5) is 48.2. The van der Waals surface area contributed by atoms with Crippen LogP contribution in [0.3, 0.4) is 0 Å². The number of nitrogens with one attached hydrogen (secondary N) is 2. The minimum Gasteiger partial charge on any atom is -0.467 e. The SMILES string of the molecule is CCCO[C@@H](COC[C@H](NC(=O)OC(C)(C)C)C(=O)OC)[C@@H](CCC(C)C)C(C)C.CCCO[C@@H](COC[C@H](NC(=O)OC(C)(C)C)C(=O)OC)[C@@H](CCC(C)C)[C@H](C)O. The van der Waals surface area contributed by atoms with E-state index in [4.69, 9.17) is 37.9 Å². The molecule has 0 saturated carbocycles. The van der Waals surface area contributed by atoms with Crippen LogP contribution in [0.5, 0.6) is 0 Å². The smallest absolute Gasteiger partial charge is 0.408 e. The quantitative estimate of drug-likeness (QED) is 0.0510. The highest BCUT2D eigenvalue weighted by Crippen LogP contribution is 2.26. The number of ether oxygens (including phenoxy) is 8. The van der Waals surface area contributed by atoms with Crippen LogP contribution in [-0.4, -0.2) is 125 Å². The van der Waals surface area contributed by atoms with Crippen molar-refractivity contribution in [1.82, 2.24) is 10.6 Å². The van der Waals surface area contributed by atoms with Crippen LogP contribution in [-0.2, 0) is 47.5 Å². The van der Waals surface area contributed by atoms with E-state index in [0.717, 1.165) is 38.5 Å². The van der Waals surface area contributed by atoms with Crippen molar-refractivity contribution in [2.75, 3.05) is 53.9 Å². The largest absolute Gasteiger partial charge is 0.467 e. The first-order valence-electron chi connectivity index (χ1n) is 22.0. The fourth-order valence-corrected chi connectivity index (χ4v) is 5.99. The van der Waals surface area contributed by atoms with E-state index in [1.54, 1.807) is 48.5 Å². The second kappa shape index (κ2) is 32.0. The molecule has 0 aliphatic carbocycles. The summed E-state index contributed by atoms with van der Waals surface area (Å²) in [7, 11) is 2.52. The Morgan fingerprint density at radius 3 is 1.18 bits per heavy atom. The van der Waals surface area contributed by atoms with E-state index in [1.807, 2.05) is 6.92 Å². The first kappa shape index (κ1) is 59.4. The number of aliphatic hydroxyl groups excluding tert-OH is 1. The Kier molecular flexibility index (Phi) is 31.7. The van der Waals surface area contributed by atoms with Crippen molar-refractivity contribution in [3.05, 3.63) is 0 Å². The molecule has 0 aliphatic heterocycles. The van der Waals surface area contributed by atoms with Crippen molar-refractivity contribution in [2.24, 2.45) is 29.6 Å². The molecular weight excluding hydrogens is 776 g/mol. The molecule has 0 aromatic heterocycles. The first-order valence-corrected chi connectivity index (χ1v) is 22.0. The Labute approximate surface area is 363 Å². The molecule has 2 amide bonds. The van der Waals surface area contributed by atoms with Crippen molar-refractivity contribution in [1.29, 1.82) is 0 Å². The second-order valence-corrected chi connectivity index (χ2v) is 18.6. The molecule has 15 heteroatoms. The predicted octanol–water partition coefficient (Wildman–Crippen LogP) is 7.87. The van der Waals surface area contributed by atoms with Gasteiger partial charge in [0.1, 0.15) is 11.2 Å². The maximum atomic E-state index is 12.1. The minimum atomic E-state index is -1.00. The molecule has 0 fully saturated rings.